The first kappa shape index (κ1) is 11.0. The number of benzene rings is 1. The highest BCUT2D eigenvalue weighted by atomic mass is 32.2. The number of nitrogens with zero attached hydrogens (tertiary/aromatic N) is 1. The van der Waals surface area contributed by atoms with Crippen LogP contribution in [0.2, 0.25) is 0 Å². The van der Waals surface area contributed by atoms with Crippen molar-refractivity contribution in [2.45, 2.75) is 11.8 Å². The number of carbonyl (C=O) groups excluding carboxylic acids is 2. The molecule has 5 heteroatoms. The molecule has 1 aliphatic heterocycles. The molecule has 0 aromatic heterocycles. The fourth-order valence-corrected chi connectivity index (χ4v) is 2.83. The van der Waals surface area contributed by atoms with Gasteiger partial charge in [-0.15, -0.1) is 0 Å². The van der Waals surface area contributed by atoms with Crippen LogP contribution in [-0.2, 0) is 15.6 Å². The maximum absolute atomic E-state index is 11.7. The molecule has 1 unspecified atom stereocenters. The molecule has 16 heavy (non-hydrogen) atoms. The lowest BCUT2D eigenvalue weighted by Crippen LogP contribution is -2.35. The Kier molecular flexibility index (Phi) is 2.63. The van der Waals surface area contributed by atoms with Crippen LogP contribution in [0.1, 0.15) is 17.3 Å². The van der Waals surface area contributed by atoms with Gasteiger partial charge in [0, 0.05) is 12.6 Å². The molecule has 84 valence electrons. The third-order valence-corrected chi connectivity index (χ3v) is 3.95. The van der Waals surface area contributed by atoms with Gasteiger partial charge in [-0.3, -0.25) is 13.8 Å². The molecule has 1 atom stereocenters. The van der Waals surface area contributed by atoms with Crippen LogP contribution >= 0.6 is 0 Å². The molecular formula is C11H11NO3S. The zero-order valence-corrected chi connectivity index (χ0v) is 9.84. The first-order chi connectivity index (χ1) is 7.50. The number of fused-ring (bicyclic) bond motifs is 1. The summed E-state index contributed by atoms with van der Waals surface area (Å²) in [7, 11) is 0.337. The van der Waals surface area contributed by atoms with Crippen LogP contribution in [0, 0.1) is 0 Å². The van der Waals surface area contributed by atoms with Crippen molar-refractivity contribution in [2.24, 2.45) is 0 Å². The minimum atomic E-state index is -1.29. The van der Waals surface area contributed by atoms with E-state index < -0.39 is 10.8 Å². The standard InChI is InChI=1S/C11H11NO3S/c1-7(13)8-3-4-10-9(5-8)12(2)11(14)6-16(10)15/h3-5H,6H2,1-2H3. The maximum atomic E-state index is 11.7. The Labute approximate surface area is 95.7 Å². The van der Waals surface area contributed by atoms with E-state index in [1.807, 2.05) is 0 Å². The summed E-state index contributed by atoms with van der Waals surface area (Å²) in [6, 6.07) is 4.92. The largest absolute Gasteiger partial charge is 0.313 e. The average Bonchev–Trinajstić information content (AvgIpc) is 2.25. The molecule has 1 heterocycles. The monoisotopic (exact) mass is 237 g/mol. The summed E-state index contributed by atoms with van der Waals surface area (Å²) >= 11 is 0. The van der Waals surface area contributed by atoms with E-state index in [2.05, 4.69) is 0 Å². The summed E-state index contributed by atoms with van der Waals surface area (Å²) in [5.41, 5.74) is 1.10. The number of hydrogen-bond donors (Lipinski definition) is 0. The minimum Gasteiger partial charge on any atom is -0.313 e. The summed E-state index contributed by atoms with van der Waals surface area (Å²) in [5.74, 6) is -0.241. The third kappa shape index (κ3) is 1.67. The van der Waals surface area contributed by atoms with Gasteiger partial charge in [-0.1, -0.05) is 6.07 Å². The fraction of sp³-hybridized carbons (Fsp3) is 0.273. The number of anilines is 1. The number of amides is 1. The number of ketones is 1. The van der Waals surface area contributed by atoms with E-state index >= 15 is 0 Å². The molecule has 1 aromatic carbocycles. The van der Waals surface area contributed by atoms with Gasteiger partial charge in [0.1, 0.15) is 5.75 Å². The summed E-state index contributed by atoms with van der Waals surface area (Å²) in [6.07, 6.45) is 0. The Hall–Kier alpha value is -1.49. The van der Waals surface area contributed by atoms with Gasteiger partial charge in [0.25, 0.3) is 0 Å². The lowest BCUT2D eigenvalue weighted by Gasteiger charge is -2.25. The topological polar surface area (TPSA) is 54.5 Å². The van der Waals surface area contributed by atoms with Crippen molar-refractivity contribution in [1.29, 1.82) is 0 Å². The molecular weight excluding hydrogens is 226 g/mol. The Morgan fingerprint density at radius 2 is 2.12 bits per heavy atom. The Morgan fingerprint density at radius 1 is 1.44 bits per heavy atom. The van der Waals surface area contributed by atoms with Crippen LogP contribution in [0.25, 0.3) is 0 Å². The number of hydrogen-bond acceptors (Lipinski definition) is 3. The van der Waals surface area contributed by atoms with Gasteiger partial charge in [-0.05, 0) is 19.1 Å². The molecule has 0 saturated heterocycles. The SMILES string of the molecule is CC(=O)c1ccc2c(c1)N(C)C(=O)CS2=O. The third-order valence-electron chi connectivity index (χ3n) is 2.60. The Morgan fingerprint density at radius 3 is 2.75 bits per heavy atom. The van der Waals surface area contributed by atoms with Gasteiger partial charge in [0.15, 0.2) is 5.78 Å². The lowest BCUT2D eigenvalue weighted by atomic mass is 10.1. The van der Waals surface area contributed by atoms with Crippen LogP contribution in [0.3, 0.4) is 0 Å². The second kappa shape index (κ2) is 3.83. The lowest BCUT2D eigenvalue weighted by molar-refractivity contribution is -0.116. The van der Waals surface area contributed by atoms with E-state index in [4.69, 9.17) is 0 Å². The van der Waals surface area contributed by atoms with Crippen LogP contribution < -0.4 is 4.90 Å². The smallest absolute Gasteiger partial charge is 0.239 e. The van der Waals surface area contributed by atoms with Crippen molar-refractivity contribution in [1.82, 2.24) is 0 Å². The van der Waals surface area contributed by atoms with Crippen LogP contribution in [0.5, 0.6) is 0 Å². The van der Waals surface area contributed by atoms with Crippen molar-refractivity contribution in [3.05, 3.63) is 23.8 Å². The van der Waals surface area contributed by atoms with Gasteiger partial charge in [0.05, 0.1) is 21.4 Å². The molecule has 0 fully saturated rings. The fourth-order valence-electron chi connectivity index (χ4n) is 1.61. The van der Waals surface area contributed by atoms with E-state index in [0.29, 0.717) is 16.1 Å². The molecule has 2 rings (SSSR count). The van der Waals surface area contributed by atoms with Crippen molar-refractivity contribution in [2.75, 3.05) is 17.7 Å². The number of rotatable bonds is 1. The van der Waals surface area contributed by atoms with Crippen LogP contribution in [0.15, 0.2) is 23.1 Å². The first-order valence-corrected chi connectivity index (χ1v) is 6.12. The highest BCUT2D eigenvalue weighted by molar-refractivity contribution is 7.86. The van der Waals surface area contributed by atoms with E-state index in [9.17, 15) is 13.8 Å². The normalized spacial score (nSPS) is 19.5. The van der Waals surface area contributed by atoms with E-state index in [1.165, 1.54) is 11.8 Å². The van der Waals surface area contributed by atoms with Crippen molar-refractivity contribution < 1.29 is 13.8 Å². The van der Waals surface area contributed by atoms with E-state index in [0.717, 1.165) is 0 Å². The van der Waals surface area contributed by atoms with E-state index in [-0.39, 0.29) is 17.4 Å². The molecule has 0 saturated carbocycles. The van der Waals surface area contributed by atoms with E-state index in [1.54, 1.807) is 25.2 Å². The van der Waals surface area contributed by atoms with Crippen molar-refractivity contribution in [3.8, 4) is 0 Å². The molecule has 4 nitrogen and oxygen atoms in total. The predicted octanol–water partition coefficient (Wildman–Crippen LogP) is 0.973. The quantitative estimate of drug-likeness (QED) is 0.684. The molecule has 0 spiro atoms. The average molecular weight is 237 g/mol. The summed E-state index contributed by atoms with van der Waals surface area (Å²) in [5, 5.41) is 0. The highest BCUT2D eigenvalue weighted by Crippen LogP contribution is 2.28. The second-order valence-corrected chi connectivity index (χ2v) is 5.10. The molecule has 0 N–H and O–H groups in total. The predicted molar refractivity (Wildman–Crippen MR) is 61.1 cm³/mol. The van der Waals surface area contributed by atoms with Crippen molar-refractivity contribution in [3.63, 3.8) is 0 Å². The Bertz CT molecular complexity index is 510. The van der Waals surface area contributed by atoms with Crippen LogP contribution in [-0.4, -0.2) is 28.7 Å². The molecule has 0 bridgehead atoms. The zero-order valence-electron chi connectivity index (χ0n) is 9.02. The van der Waals surface area contributed by atoms with Gasteiger partial charge in [-0.25, -0.2) is 0 Å². The van der Waals surface area contributed by atoms with Gasteiger partial charge < -0.3 is 4.90 Å². The number of Topliss-reactive ketones (excluding diaryl/α,β-unsaturated/α-hetero) is 1. The summed E-state index contributed by atoms with van der Waals surface area (Å²) in [6.45, 7) is 1.46. The summed E-state index contributed by atoms with van der Waals surface area (Å²) in [4.78, 5) is 24.8. The summed E-state index contributed by atoms with van der Waals surface area (Å²) < 4.78 is 11.7. The zero-order chi connectivity index (χ0) is 11.9. The maximum Gasteiger partial charge on any atom is 0.239 e. The van der Waals surface area contributed by atoms with Crippen LogP contribution in [0.4, 0.5) is 5.69 Å². The molecule has 0 aliphatic carbocycles. The van der Waals surface area contributed by atoms with Gasteiger partial charge >= 0.3 is 0 Å². The highest BCUT2D eigenvalue weighted by Gasteiger charge is 2.26. The molecule has 0 radical (unpaired) electrons. The second-order valence-electron chi connectivity index (χ2n) is 3.68. The number of carbonyl (C=O) groups is 2. The van der Waals surface area contributed by atoms with Gasteiger partial charge in [0.2, 0.25) is 5.91 Å². The molecule has 1 aliphatic rings. The molecule has 1 amide bonds. The first-order valence-electron chi connectivity index (χ1n) is 4.80. The minimum absolute atomic E-state index is 0.0168. The Balaban J connectivity index is 2.60. The molecule has 1 aromatic rings. The van der Waals surface area contributed by atoms with Crippen molar-refractivity contribution >= 4 is 28.2 Å². The van der Waals surface area contributed by atoms with Gasteiger partial charge in [-0.2, -0.15) is 0 Å².